The van der Waals surface area contributed by atoms with Crippen molar-refractivity contribution >= 4 is 26.0 Å². The van der Waals surface area contributed by atoms with Crippen LogP contribution in [0.3, 0.4) is 0 Å². The predicted octanol–water partition coefficient (Wildman–Crippen LogP) is 5.46. The molecule has 0 saturated carbocycles. The molecule has 1 amide bonds. The molecule has 0 atom stereocenters. The van der Waals surface area contributed by atoms with Crippen LogP contribution >= 0.6 is 0 Å². The lowest BCUT2D eigenvalue weighted by atomic mass is 10.1. The Labute approximate surface area is 236 Å². The number of halogens is 10. The van der Waals surface area contributed by atoms with Gasteiger partial charge < -0.3 is 13.9 Å². The van der Waals surface area contributed by atoms with Crippen LogP contribution in [0.5, 0.6) is 0 Å². The molecule has 1 aromatic carbocycles. The van der Waals surface area contributed by atoms with Crippen LogP contribution in [0.2, 0.25) is 0 Å². The molecule has 0 fully saturated rings. The van der Waals surface area contributed by atoms with Crippen molar-refractivity contribution in [3.63, 3.8) is 0 Å². The fraction of sp³-hybridized carbons (Fsp3) is 0.591. The SMILES string of the molecule is C=C(C)C(=O)NCCC[N+](CC)(CC)Cc1ccccc1.O=S(=O)([N-]S(=O)(=O)C(F)(F)C(F)(F)F)C(F)(F)C(F)(F)F. The zero-order chi connectivity index (χ0) is 33.4. The van der Waals surface area contributed by atoms with Crippen LogP contribution in [0.25, 0.3) is 4.13 Å². The summed E-state index contributed by atoms with van der Waals surface area (Å²) in [6.45, 7) is 15.0. The summed E-state index contributed by atoms with van der Waals surface area (Å²) in [7, 11) is -15.2. The summed E-state index contributed by atoms with van der Waals surface area (Å²) in [5.41, 5.74) is 1.96. The van der Waals surface area contributed by atoms with E-state index >= 15 is 0 Å². The van der Waals surface area contributed by atoms with E-state index in [-0.39, 0.29) is 5.91 Å². The molecule has 1 rings (SSSR count). The van der Waals surface area contributed by atoms with E-state index in [4.69, 9.17) is 0 Å². The van der Waals surface area contributed by atoms with Gasteiger partial charge in [0.15, 0.2) is 20.0 Å². The van der Waals surface area contributed by atoms with E-state index in [1.54, 1.807) is 6.92 Å². The smallest absolute Gasteiger partial charge is 0.425 e. The van der Waals surface area contributed by atoms with Gasteiger partial charge in [0.1, 0.15) is 6.54 Å². The van der Waals surface area contributed by atoms with Crippen LogP contribution in [0.15, 0.2) is 42.5 Å². The molecule has 8 nitrogen and oxygen atoms in total. The molecule has 1 aromatic rings. The summed E-state index contributed by atoms with van der Waals surface area (Å²) in [6.07, 6.45) is -13.0. The Morgan fingerprint density at radius 2 is 1.24 bits per heavy atom. The molecular weight excluding hydrogens is 640 g/mol. The van der Waals surface area contributed by atoms with Crippen LogP contribution < -0.4 is 5.32 Å². The van der Waals surface area contributed by atoms with Crippen molar-refractivity contribution in [3.8, 4) is 0 Å². The molecule has 0 radical (unpaired) electrons. The topological polar surface area (TPSA) is 111 Å². The van der Waals surface area contributed by atoms with E-state index in [9.17, 15) is 65.5 Å². The number of rotatable bonds is 13. The number of alkyl halides is 10. The highest BCUT2D eigenvalue weighted by molar-refractivity contribution is 8.13. The monoisotopic (exact) mass is 669 g/mol. The highest BCUT2D eigenvalue weighted by Gasteiger charge is 2.68. The molecule has 1 N–H and O–H groups in total. The number of nitrogens with zero attached hydrogens (tertiary/aromatic N) is 2. The fourth-order valence-electron chi connectivity index (χ4n) is 3.10. The minimum absolute atomic E-state index is 0.0378. The van der Waals surface area contributed by atoms with Gasteiger partial charge in [0.2, 0.25) is 5.91 Å². The summed E-state index contributed by atoms with van der Waals surface area (Å²) in [5, 5.41) is -11.1. The standard InChI is InChI=1S/C18H28N2O.C4F10NO4S2/c1-5-20(6-2,15-17-11-8-7-9-12-17)14-10-13-19-18(21)16(3)4;5-1(6,7)3(11,12)20(16,17)15-21(18,19)4(13,14)2(8,9)10/h7-9,11-12H,3,5-6,10,13-15H2,1-2,4H3;/q;-1/p+1. The Balaban J connectivity index is 0.000000800. The second-order valence-electron chi connectivity index (χ2n) is 8.78. The minimum atomic E-state index is -7.62. The number of carbonyl (C=O) groups excluding carboxylic acids is 1. The molecule has 0 aromatic heterocycles. The van der Waals surface area contributed by atoms with Crippen LogP contribution in [-0.4, -0.2) is 76.3 Å². The Bertz CT molecular complexity index is 1210. The molecule has 0 spiro atoms. The first kappa shape index (κ1) is 39.5. The van der Waals surface area contributed by atoms with Crippen LogP contribution in [0.4, 0.5) is 43.9 Å². The Morgan fingerprint density at radius 3 is 1.57 bits per heavy atom. The van der Waals surface area contributed by atoms with Crippen LogP contribution in [0.1, 0.15) is 32.8 Å². The Hall–Kier alpha value is -2.45. The lowest BCUT2D eigenvalue weighted by molar-refractivity contribution is -0.937. The second kappa shape index (κ2) is 14.3. The van der Waals surface area contributed by atoms with Gasteiger partial charge in [-0.1, -0.05) is 36.9 Å². The van der Waals surface area contributed by atoms with Crippen molar-refractivity contribution in [2.75, 3.05) is 26.2 Å². The maximum absolute atomic E-state index is 12.3. The number of benzene rings is 1. The summed E-state index contributed by atoms with van der Waals surface area (Å²) in [4.78, 5) is 11.5. The van der Waals surface area contributed by atoms with Crippen LogP contribution in [0, 0.1) is 0 Å². The Morgan fingerprint density at radius 1 is 0.833 bits per heavy atom. The number of carbonyl (C=O) groups is 1. The van der Waals surface area contributed by atoms with Gasteiger partial charge in [0.25, 0.3) is 0 Å². The molecule has 0 aliphatic heterocycles. The van der Waals surface area contributed by atoms with Crippen molar-refractivity contribution in [1.82, 2.24) is 5.32 Å². The molecule has 0 unspecified atom stereocenters. The third-order valence-electron chi connectivity index (χ3n) is 5.69. The van der Waals surface area contributed by atoms with Gasteiger partial charge in [-0.3, -0.25) is 4.79 Å². The third kappa shape index (κ3) is 10.1. The van der Waals surface area contributed by atoms with Gasteiger partial charge in [-0.25, -0.2) is 16.8 Å². The molecule has 244 valence electrons. The van der Waals surface area contributed by atoms with E-state index in [2.05, 4.69) is 56.1 Å². The third-order valence-corrected chi connectivity index (χ3v) is 9.02. The first-order chi connectivity index (χ1) is 18.7. The summed E-state index contributed by atoms with van der Waals surface area (Å²) in [6, 6.07) is 10.6. The first-order valence-electron chi connectivity index (χ1n) is 11.7. The molecular formula is C22H29F10N3O5S2. The quantitative estimate of drug-likeness (QED) is 0.130. The predicted molar refractivity (Wildman–Crippen MR) is 132 cm³/mol. The maximum Gasteiger partial charge on any atom is 0.467 e. The summed E-state index contributed by atoms with van der Waals surface area (Å²) in [5.74, 6) is -0.0378. The van der Waals surface area contributed by atoms with Gasteiger partial charge in [0, 0.05) is 24.1 Å². The zero-order valence-corrected chi connectivity index (χ0v) is 24.0. The van der Waals surface area contributed by atoms with E-state index in [1.807, 2.05) is 0 Å². The summed E-state index contributed by atoms with van der Waals surface area (Å²) >= 11 is 0. The Kier molecular flexibility index (Phi) is 13.5. The average Bonchev–Trinajstić information content (AvgIpc) is 2.84. The number of sulfonamides is 2. The zero-order valence-electron chi connectivity index (χ0n) is 22.4. The number of hydrogen-bond acceptors (Lipinski definition) is 5. The van der Waals surface area contributed by atoms with E-state index < -0.39 is 42.9 Å². The van der Waals surface area contributed by atoms with Crippen molar-refractivity contribution in [1.29, 1.82) is 0 Å². The normalized spacial score (nSPS) is 13.6. The number of hydrogen-bond donors (Lipinski definition) is 1. The van der Waals surface area contributed by atoms with Crippen molar-refractivity contribution in [3.05, 3.63) is 52.2 Å². The van der Waals surface area contributed by atoms with E-state index in [0.29, 0.717) is 9.70 Å². The molecule has 20 heteroatoms. The summed E-state index contributed by atoms with van der Waals surface area (Å²) < 4.78 is 162. The molecule has 0 aliphatic rings. The molecule has 42 heavy (non-hydrogen) atoms. The molecule has 0 bridgehead atoms. The molecule has 0 saturated heterocycles. The molecule has 0 aliphatic carbocycles. The van der Waals surface area contributed by atoms with Gasteiger partial charge in [-0.2, -0.15) is 43.9 Å². The van der Waals surface area contributed by atoms with E-state index in [0.717, 1.165) is 43.6 Å². The average molecular weight is 670 g/mol. The van der Waals surface area contributed by atoms with Crippen LogP contribution in [-0.2, 0) is 31.4 Å². The van der Waals surface area contributed by atoms with Gasteiger partial charge >= 0.3 is 22.9 Å². The second-order valence-corrected chi connectivity index (χ2v) is 12.3. The largest absolute Gasteiger partial charge is 0.467 e. The van der Waals surface area contributed by atoms with E-state index in [1.165, 1.54) is 5.56 Å². The highest BCUT2D eigenvalue weighted by Crippen LogP contribution is 2.47. The minimum Gasteiger partial charge on any atom is -0.425 e. The fourth-order valence-corrected chi connectivity index (χ4v) is 5.46. The molecule has 0 heterocycles. The van der Waals surface area contributed by atoms with Gasteiger partial charge in [-0.15, -0.1) is 0 Å². The lowest BCUT2D eigenvalue weighted by Crippen LogP contribution is -2.48. The maximum atomic E-state index is 12.3. The lowest BCUT2D eigenvalue weighted by Gasteiger charge is -2.37. The van der Waals surface area contributed by atoms with Gasteiger partial charge in [0.05, 0.1) is 19.6 Å². The van der Waals surface area contributed by atoms with Crippen molar-refractivity contribution in [2.24, 2.45) is 0 Å². The number of nitrogens with one attached hydrogen (secondary N) is 1. The number of amides is 1. The highest BCUT2D eigenvalue weighted by atomic mass is 32.3. The number of quaternary nitrogens is 1. The van der Waals surface area contributed by atoms with Crippen molar-refractivity contribution < 1.29 is 70.0 Å². The van der Waals surface area contributed by atoms with Crippen molar-refractivity contribution in [2.45, 2.75) is 56.6 Å². The van der Waals surface area contributed by atoms with Gasteiger partial charge in [-0.05, 0) is 20.8 Å². The first-order valence-corrected chi connectivity index (χ1v) is 14.6.